The minimum atomic E-state index is -0.634. The number of hydrogen-bond acceptors (Lipinski definition) is 5. The molecule has 0 atom stereocenters. The van der Waals surface area contributed by atoms with Gasteiger partial charge >= 0.3 is 5.97 Å². The van der Waals surface area contributed by atoms with Crippen LogP contribution in [-0.2, 0) is 4.84 Å². The summed E-state index contributed by atoms with van der Waals surface area (Å²) in [6.45, 7) is 3.65. The van der Waals surface area contributed by atoms with Crippen molar-refractivity contribution < 1.29 is 14.0 Å². The smallest absolute Gasteiger partial charge is 0.313 e. The van der Waals surface area contributed by atoms with E-state index in [1.54, 1.807) is 6.92 Å². The van der Waals surface area contributed by atoms with Crippen LogP contribution < -0.4 is 0 Å². The molecule has 0 saturated carbocycles. The fourth-order valence-corrected chi connectivity index (χ4v) is 3.23. The number of oxime groups is 1. The summed E-state index contributed by atoms with van der Waals surface area (Å²) in [6.07, 6.45) is 0. The Labute approximate surface area is 148 Å². The van der Waals surface area contributed by atoms with Gasteiger partial charge in [0.25, 0.3) is 0 Å². The van der Waals surface area contributed by atoms with Crippen LogP contribution in [-0.4, -0.2) is 16.7 Å². The second kappa shape index (κ2) is 7.36. The van der Waals surface area contributed by atoms with Gasteiger partial charge in [0.1, 0.15) is 10.8 Å². The average molecular weight is 354 g/mol. The largest absolute Gasteiger partial charge is 0.365 e. The Bertz CT molecular complexity index is 918. The molecule has 1 aromatic heterocycles. The van der Waals surface area contributed by atoms with Crippen molar-refractivity contribution in [2.75, 3.05) is 0 Å². The molecule has 126 valence electrons. The molecule has 0 amide bonds. The molecule has 0 aliphatic carbocycles. The van der Waals surface area contributed by atoms with E-state index in [1.807, 2.05) is 37.3 Å². The zero-order valence-corrected chi connectivity index (χ0v) is 14.5. The topological polar surface area (TPSA) is 51.5 Å². The number of halogens is 1. The third kappa shape index (κ3) is 3.97. The molecule has 0 fully saturated rings. The van der Waals surface area contributed by atoms with Crippen LogP contribution in [0.5, 0.6) is 0 Å². The molecule has 3 rings (SSSR count). The predicted molar refractivity (Wildman–Crippen MR) is 96.3 cm³/mol. The van der Waals surface area contributed by atoms with E-state index >= 15 is 0 Å². The van der Waals surface area contributed by atoms with Crippen LogP contribution in [0.15, 0.2) is 59.8 Å². The molecule has 4 nitrogen and oxygen atoms in total. The van der Waals surface area contributed by atoms with Gasteiger partial charge in [0.05, 0.1) is 21.8 Å². The summed E-state index contributed by atoms with van der Waals surface area (Å²) >= 11 is 1.49. The van der Waals surface area contributed by atoms with Crippen LogP contribution in [0.2, 0.25) is 0 Å². The molecular weight excluding hydrogens is 339 g/mol. The van der Waals surface area contributed by atoms with Gasteiger partial charge in [-0.15, -0.1) is 11.3 Å². The van der Waals surface area contributed by atoms with Gasteiger partial charge in [-0.3, -0.25) is 0 Å². The summed E-state index contributed by atoms with van der Waals surface area (Å²) in [7, 11) is 0. The molecule has 0 bridgehead atoms. The molecule has 0 aliphatic heterocycles. The number of rotatable bonds is 4. The first kappa shape index (κ1) is 17.0. The number of aryl methyl sites for hydroxylation is 1. The van der Waals surface area contributed by atoms with Crippen LogP contribution in [0.4, 0.5) is 4.39 Å². The molecule has 0 radical (unpaired) electrons. The first-order chi connectivity index (χ1) is 12.0. The van der Waals surface area contributed by atoms with E-state index in [2.05, 4.69) is 10.1 Å². The van der Waals surface area contributed by atoms with Crippen molar-refractivity contribution >= 4 is 23.0 Å². The Morgan fingerprint density at radius 2 is 1.80 bits per heavy atom. The van der Waals surface area contributed by atoms with Crippen LogP contribution >= 0.6 is 11.3 Å². The van der Waals surface area contributed by atoms with E-state index in [1.165, 1.54) is 35.6 Å². The lowest BCUT2D eigenvalue weighted by Crippen LogP contribution is -2.03. The third-order valence-corrected chi connectivity index (χ3v) is 4.81. The van der Waals surface area contributed by atoms with Gasteiger partial charge in [0.2, 0.25) is 0 Å². The van der Waals surface area contributed by atoms with Crippen molar-refractivity contribution in [3.05, 3.63) is 76.5 Å². The fraction of sp³-hybridized carbons (Fsp3) is 0.105. The van der Waals surface area contributed by atoms with Gasteiger partial charge in [-0.25, -0.2) is 14.2 Å². The lowest BCUT2D eigenvalue weighted by atomic mass is 10.2. The molecule has 0 saturated heterocycles. The zero-order chi connectivity index (χ0) is 17.8. The molecule has 0 N–H and O–H groups in total. The highest BCUT2D eigenvalue weighted by atomic mass is 32.1. The average Bonchev–Trinajstić information content (AvgIpc) is 3.02. The maximum absolute atomic E-state index is 12.9. The van der Waals surface area contributed by atoms with Crippen LogP contribution in [0.1, 0.15) is 27.9 Å². The van der Waals surface area contributed by atoms with Gasteiger partial charge in [0, 0.05) is 5.56 Å². The minimum Gasteiger partial charge on any atom is -0.313 e. The van der Waals surface area contributed by atoms with Crippen molar-refractivity contribution in [1.82, 2.24) is 4.98 Å². The molecule has 6 heteroatoms. The summed E-state index contributed by atoms with van der Waals surface area (Å²) in [5, 5.41) is 4.79. The monoisotopic (exact) mass is 354 g/mol. The second-order valence-electron chi connectivity index (χ2n) is 5.36. The summed E-state index contributed by atoms with van der Waals surface area (Å²) in [5.41, 5.74) is 2.65. The van der Waals surface area contributed by atoms with Gasteiger partial charge < -0.3 is 4.84 Å². The SMILES string of the molecule is C/C(=N\OC(=O)c1ccc(F)cc1)c1sc(-c2ccccc2)nc1C. The first-order valence-corrected chi connectivity index (χ1v) is 8.41. The number of carbonyl (C=O) groups excluding carboxylic acids is 1. The summed E-state index contributed by atoms with van der Waals surface area (Å²) in [4.78, 5) is 22.3. The Morgan fingerprint density at radius 1 is 1.12 bits per heavy atom. The zero-order valence-electron chi connectivity index (χ0n) is 13.7. The van der Waals surface area contributed by atoms with Crippen LogP contribution in [0.3, 0.4) is 0 Å². The van der Waals surface area contributed by atoms with Gasteiger partial charge in [-0.2, -0.15) is 0 Å². The van der Waals surface area contributed by atoms with E-state index < -0.39 is 11.8 Å². The Balaban J connectivity index is 1.77. The van der Waals surface area contributed by atoms with Gasteiger partial charge in [0.15, 0.2) is 0 Å². The Hall–Kier alpha value is -2.86. The lowest BCUT2D eigenvalue weighted by Gasteiger charge is -2.00. The first-order valence-electron chi connectivity index (χ1n) is 7.59. The quantitative estimate of drug-likeness (QED) is 0.383. The number of benzene rings is 2. The molecule has 2 aromatic carbocycles. The second-order valence-corrected chi connectivity index (χ2v) is 6.36. The summed E-state index contributed by atoms with van der Waals surface area (Å²) in [5.74, 6) is -1.05. The third-order valence-electron chi connectivity index (χ3n) is 3.49. The Kier molecular flexibility index (Phi) is 5.00. The van der Waals surface area contributed by atoms with E-state index in [9.17, 15) is 9.18 Å². The van der Waals surface area contributed by atoms with E-state index in [0.717, 1.165) is 21.1 Å². The normalized spacial score (nSPS) is 11.4. The van der Waals surface area contributed by atoms with Crippen molar-refractivity contribution in [1.29, 1.82) is 0 Å². The summed E-state index contributed by atoms with van der Waals surface area (Å²) < 4.78 is 12.9. The number of carbonyl (C=O) groups is 1. The molecule has 0 aliphatic rings. The molecule has 0 spiro atoms. The number of nitrogens with zero attached hydrogens (tertiary/aromatic N) is 2. The van der Waals surface area contributed by atoms with Crippen molar-refractivity contribution in [2.24, 2.45) is 5.16 Å². The molecular formula is C19H15FN2O2S. The van der Waals surface area contributed by atoms with E-state index in [0.29, 0.717) is 5.71 Å². The summed E-state index contributed by atoms with van der Waals surface area (Å²) in [6, 6.07) is 15.0. The van der Waals surface area contributed by atoms with E-state index in [-0.39, 0.29) is 5.56 Å². The van der Waals surface area contributed by atoms with Crippen LogP contribution in [0, 0.1) is 12.7 Å². The number of hydrogen-bond donors (Lipinski definition) is 0. The maximum Gasteiger partial charge on any atom is 0.365 e. The number of aromatic nitrogens is 1. The van der Waals surface area contributed by atoms with Crippen LogP contribution in [0.25, 0.3) is 10.6 Å². The van der Waals surface area contributed by atoms with Gasteiger partial charge in [-0.1, -0.05) is 35.5 Å². The molecule has 0 unspecified atom stereocenters. The number of thiazole rings is 1. The van der Waals surface area contributed by atoms with Crippen molar-refractivity contribution in [2.45, 2.75) is 13.8 Å². The predicted octanol–water partition coefficient (Wildman–Crippen LogP) is 4.84. The standard InChI is InChI=1S/C19H15FN2O2S/c1-12-17(25-18(21-12)14-6-4-3-5-7-14)13(2)22-24-19(23)15-8-10-16(20)11-9-15/h3-11H,1-2H3/b22-13+. The Morgan fingerprint density at radius 3 is 2.48 bits per heavy atom. The maximum atomic E-state index is 12.9. The molecule has 1 heterocycles. The molecule has 3 aromatic rings. The highest BCUT2D eigenvalue weighted by Crippen LogP contribution is 2.28. The van der Waals surface area contributed by atoms with Gasteiger partial charge in [-0.05, 0) is 38.1 Å². The van der Waals surface area contributed by atoms with Crippen molar-refractivity contribution in [3.8, 4) is 10.6 Å². The fourth-order valence-electron chi connectivity index (χ4n) is 2.23. The van der Waals surface area contributed by atoms with Crippen molar-refractivity contribution in [3.63, 3.8) is 0 Å². The van der Waals surface area contributed by atoms with E-state index in [4.69, 9.17) is 4.84 Å². The highest BCUT2D eigenvalue weighted by molar-refractivity contribution is 7.17. The highest BCUT2D eigenvalue weighted by Gasteiger charge is 2.13. The molecule has 25 heavy (non-hydrogen) atoms. The lowest BCUT2D eigenvalue weighted by molar-refractivity contribution is 0.0516. The minimum absolute atomic E-state index is 0.240.